The number of nitrogen functional groups attached to an aromatic ring is 1. The van der Waals surface area contributed by atoms with Gasteiger partial charge in [-0.05, 0) is 59.9 Å². The van der Waals surface area contributed by atoms with Crippen molar-refractivity contribution in [2.45, 2.75) is 153 Å². The number of halogens is 1. The molecule has 0 radical (unpaired) electrons. The zero-order chi connectivity index (χ0) is 46.4. The quantitative estimate of drug-likeness (QED) is 0.0838. The zero-order valence-electron chi connectivity index (χ0n) is 37.0. The van der Waals surface area contributed by atoms with Crippen LogP contribution in [0.15, 0.2) is 17.1 Å². The van der Waals surface area contributed by atoms with E-state index in [-0.39, 0.29) is 72.4 Å². The Labute approximate surface area is 370 Å². The highest BCUT2D eigenvalue weighted by atomic mass is 32.2. The van der Waals surface area contributed by atoms with Gasteiger partial charge in [0, 0.05) is 65.0 Å². The Bertz CT molecular complexity index is 1780. The SMILES string of the molecule is CCC(=O)C(C)(C)COC(C)(C)CCC(=O)NC(CSC1CCC1SCC(NC(C)(C)C)C(=O)O)C(=O)NCCC(=O)OCC(=O)OC[C@H]1C[C@@H](F)[C@@H](n2ccc(N)nc2=O)O1. The first-order valence-corrected chi connectivity index (χ1v) is 22.9. The molecule has 2 aliphatic rings. The Morgan fingerprint density at radius 2 is 1.65 bits per heavy atom. The topological polar surface area (TPSA) is 257 Å². The first-order valence-electron chi connectivity index (χ1n) is 20.8. The number of ketones is 1. The molecule has 0 bridgehead atoms. The number of nitrogens with zero attached hydrogens (tertiary/aromatic N) is 2. The number of carboxylic acid groups (broad SMARTS) is 1. The van der Waals surface area contributed by atoms with E-state index in [1.165, 1.54) is 24.0 Å². The van der Waals surface area contributed by atoms with Crippen LogP contribution in [-0.4, -0.2) is 134 Å². The molecule has 1 aliphatic heterocycles. The van der Waals surface area contributed by atoms with Crippen LogP contribution in [0.3, 0.4) is 0 Å². The molecule has 3 rings (SSSR count). The average molecular weight is 917 g/mol. The smallest absolute Gasteiger partial charge is 0.351 e. The number of amides is 2. The van der Waals surface area contributed by atoms with Crippen molar-refractivity contribution in [2.24, 2.45) is 5.41 Å². The van der Waals surface area contributed by atoms with Crippen LogP contribution in [-0.2, 0) is 47.7 Å². The summed E-state index contributed by atoms with van der Waals surface area (Å²) in [5.74, 6) is -2.96. The van der Waals surface area contributed by atoms with Crippen LogP contribution >= 0.6 is 23.5 Å². The third-order valence-corrected chi connectivity index (χ3v) is 13.4. The van der Waals surface area contributed by atoms with Crippen molar-refractivity contribution in [3.8, 4) is 0 Å². The van der Waals surface area contributed by atoms with Gasteiger partial charge in [-0.1, -0.05) is 20.8 Å². The number of thioether (sulfide) groups is 2. The van der Waals surface area contributed by atoms with Gasteiger partial charge in [-0.25, -0.2) is 14.0 Å². The maximum atomic E-state index is 14.6. The number of esters is 2. The monoisotopic (exact) mass is 916 g/mol. The van der Waals surface area contributed by atoms with Gasteiger partial charge in [-0.3, -0.25) is 33.9 Å². The summed E-state index contributed by atoms with van der Waals surface area (Å²) in [4.78, 5) is 91.3. The van der Waals surface area contributed by atoms with E-state index in [1.807, 2.05) is 48.5 Å². The molecule has 0 aromatic carbocycles. The number of nitrogens with two attached hydrogens (primary N) is 1. The summed E-state index contributed by atoms with van der Waals surface area (Å²) in [6, 6.07) is -0.379. The molecule has 18 nitrogen and oxygen atoms in total. The van der Waals surface area contributed by atoms with Crippen LogP contribution in [0.25, 0.3) is 0 Å². The summed E-state index contributed by atoms with van der Waals surface area (Å²) in [6.45, 7) is 13.7. The summed E-state index contributed by atoms with van der Waals surface area (Å²) >= 11 is 3.08. The Kier molecular flexibility index (Phi) is 20.1. The largest absolute Gasteiger partial charge is 0.480 e. The van der Waals surface area contributed by atoms with Gasteiger partial charge in [0.25, 0.3) is 0 Å². The molecule has 0 spiro atoms. The molecular formula is C41H65FN6O12S2. The number of carbonyl (C=O) groups excluding carboxylic acids is 5. The standard InChI is InChI=1S/C41H65FN6O12S2/c1-9-30(49)40(5,6)23-59-41(7,8)15-12-32(50)45-26(21-61-28-10-11-29(28)62-22-27(37(54)55)47-39(2,3)4)35(53)44-16-13-33(51)58-20-34(52)57-19-24-18-25(42)36(60-24)48-17-14-31(43)46-38(48)56/h14,17,24-29,36,47H,9-13,15-16,18-23H2,1-8H3,(H,44,53)(H,45,50)(H,54,55)(H2,43,46,56)/t24-,25-,26?,27?,28?,29?,36+/m1/s1. The minimum atomic E-state index is -1.58. The van der Waals surface area contributed by atoms with Crippen LogP contribution in [0.5, 0.6) is 0 Å². The van der Waals surface area contributed by atoms with E-state index in [0.29, 0.717) is 18.6 Å². The first-order chi connectivity index (χ1) is 28.9. The number of rotatable bonds is 26. The minimum absolute atomic E-state index is 0.0285. The number of Topliss-reactive ketones (excluding diaryl/α,β-unsaturated/α-hetero) is 1. The third-order valence-electron chi connectivity index (χ3n) is 10.2. The molecule has 6 N–H and O–H groups in total. The highest BCUT2D eigenvalue weighted by Crippen LogP contribution is 2.41. The number of aliphatic carboxylic acids is 1. The van der Waals surface area contributed by atoms with Crippen molar-refractivity contribution in [1.29, 1.82) is 0 Å². The van der Waals surface area contributed by atoms with Gasteiger partial charge in [-0.15, -0.1) is 0 Å². The first kappa shape index (κ1) is 52.6. The van der Waals surface area contributed by atoms with Gasteiger partial charge >= 0.3 is 23.6 Å². The van der Waals surface area contributed by atoms with Crippen LogP contribution in [0, 0.1) is 5.41 Å². The molecule has 1 aromatic rings. The molecule has 1 saturated carbocycles. The molecule has 2 fully saturated rings. The Morgan fingerprint density at radius 1 is 1.00 bits per heavy atom. The van der Waals surface area contributed by atoms with E-state index in [0.717, 1.165) is 17.4 Å². The van der Waals surface area contributed by atoms with E-state index in [2.05, 4.69) is 20.9 Å². The van der Waals surface area contributed by atoms with E-state index in [4.69, 9.17) is 24.7 Å². The Hall–Kier alpha value is -3.79. The fourth-order valence-electron chi connectivity index (χ4n) is 6.35. The van der Waals surface area contributed by atoms with Crippen molar-refractivity contribution in [1.82, 2.24) is 25.5 Å². The second-order valence-electron chi connectivity index (χ2n) is 17.8. The Morgan fingerprint density at radius 3 is 2.23 bits per heavy atom. The van der Waals surface area contributed by atoms with Gasteiger partial charge in [0.05, 0.1) is 24.7 Å². The fourth-order valence-corrected chi connectivity index (χ4v) is 9.47. The number of hydrogen-bond acceptors (Lipinski definition) is 16. The number of nitrogens with one attached hydrogen (secondary N) is 3. The lowest BCUT2D eigenvalue weighted by Gasteiger charge is -2.37. The maximum absolute atomic E-state index is 14.6. The van der Waals surface area contributed by atoms with Gasteiger partial charge in [-0.2, -0.15) is 28.5 Å². The molecule has 7 atom stereocenters. The number of carboxylic acids is 1. The highest BCUT2D eigenvalue weighted by molar-refractivity contribution is 8.04. The number of anilines is 1. The zero-order valence-corrected chi connectivity index (χ0v) is 38.6. The van der Waals surface area contributed by atoms with Crippen LogP contribution in [0.1, 0.15) is 107 Å². The van der Waals surface area contributed by atoms with Gasteiger partial charge in [0.2, 0.25) is 11.8 Å². The number of aromatic nitrogens is 2. The van der Waals surface area contributed by atoms with Crippen LogP contribution in [0.4, 0.5) is 10.2 Å². The van der Waals surface area contributed by atoms with E-state index in [1.54, 1.807) is 18.7 Å². The third kappa shape index (κ3) is 17.8. The van der Waals surface area contributed by atoms with Gasteiger partial charge in [0.15, 0.2) is 12.8 Å². The molecule has 62 heavy (non-hydrogen) atoms. The van der Waals surface area contributed by atoms with Gasteiger partial charge < -0.3 is 40.4 Å². The summed E-state index contributed by atoms with van der Waals surface area (Å²) in [6.07, 6.45) is -0.457. The molecule has 21 heteroatoms. The number of carbonyl (C=O) groups is 6. The van der Waals surface area contributed by atoms with Crippen molar-refractivity contribution >= 4 is 64.8 Å². The second kappa shape index (κ2) is 23.8. The lowest BCUT2D eigenvalue weighted by Crippen LogP contribution is -2.50. The highest BCUT2D eigenvalue weighted by Gasteiger charge is 2.39. The van der Waals surface area contributed by atoms with Crippen molar-refractivity contribution < 1.29 is 57.2 Å². The second-order valence-corrected chi connectivity index (χ2v) is 20.3. The van der Waals surface area contributed by atoms with Crippen LogP contribution < -0.4 is 27.4 Å². The lowest BCUT2D eigenvalue weighted by molar-refractivity contribution is -0.161. The summed E-state index contributed by atoms with van der Waals surface area (Å²) in [5.41, 5.74) is 2.89. The summed E-state index contributed by atoms with van der Waals surface area (Å²) < 4.78 is 37.2. The van der Waals surface area contributed by atoms with E-state index >= 15 is 0 Å². The average Bonchev–Trinajstić information content (AvgIpc) is 3.55. The molecule has 350 valence electrons. The number of ether oxygens (including phenoxy) is 4. The summed E-state index contributed by atoms with van der Waals surface area (Å²) in [7, 11) is 0. The van der Waals surface area contributed by atoms with E-state index < -0.39 is 83.6 Å². The van der Waals surface area contributed by atoms with Crippen molar-refractivity contribution in [3.05, 3.63) is 22.7 Å². The van der Waals surface area contributed by atoms with Gasteiger partial charge in [0.1, 0.15) is 36.5 Å². The molecule has 1 aromatic heterocycles. The molecule has 4 unspecified atom stereocenters. The normalized spacial score (nSPS) is 21.3. The predicted molar refractivity (Wildman–Crippen MR) is 232 cm³/mol. The molecule has 2 amide bonds. The predicted octanol–water partition coefficient (Wildman–Crippen LogP) is 2.95. The molecule has 1 aliphatic carbocycles. The molecule has 1 saturated heterocycles. The van der Waals surface area contributed by atoms with Crippen molar-refractivity contribution in [2.75, 3.05) is 43.6 Å². The maximum Gasteiger partial charge on any atom is 0.351 e. The van der Waals surface area contributed by atoms with Crippen molar-refractivity contribution in [3.63, 3.8) is 0 Å². The fraction of sp³-hybridized carbons (Fsp3) is 0.756. The summed E-state index contributed by atoms with van der Waals surface area (Å²) in [5, 5.41) is 18.6. The lowest BCUT2D eigenvalue weighted by atomic mass is 9.87. The van der Waals surface area contributed by atoms with E-state index in [9.17, 15) is 43.1 Å². The number of alkyl halides is 1. The molecule has 2 heterocycles. The minimum Gasteiger partial charge on any atom is -0.480 e. The molecular weight excluding hydrogens is 852 g/mol. The number of hydrogen-bond donors (Lipinski definition) is 5. The van der Waals surface area contributed by atoms with Crippen LogP contribution in [0.2, 0.25) is 0 Å². The Balaban J connectivity index is 1.50.